The van der Waals surface area contributed by atoms with Crippen molar-refractivity contribution in [2.45, 2.75) is 12.8 Å². The second-order valence-corrected chi connectivity index (χ2v) is 7.59. The van der Waals surface area contributed by atoms with Gasteiger partial charge in [0, 0.05) is 11.1 Å². The predicted octanol–water partition coefficient (Wildman–Crippen LogP) is 4.96. The molecule has 0 saturated heterocycles. The van der Waals surface area contributed by atoms with Crippen molar-refractivity contribution in [2.75, 3.05) is 21.0 Å². The van der Waals surface area contributed by atoms with E-state index in [1.807, 2.05) is 37.3 Å². The number of methoxy groups -OCH3 is 2. The van der Waals surface area contributed by atoms with Crippen LogP contribution in [0.25, 0.3) is 6.08 Å². The zero-order valence-corrected chi connectivity index (χ0v) is 18.7. The summed E-state index contributed by atoms with van der Waals surface area (Å²) in [6.07, 6.45) is 1.73. The molecule has 6 heteroatoms. The molecule has 6 nitrogen and oxygen atoms in total. The number of Topliss-reactive ketones (excluding diaryl/α,β-unsaturated/α-hetero) is 1. The van der Waals surface area contributed by atoms with E-state index in [1.165, 1.54) is 7.11 Å². The second kappa shape index (κ2) is 9.61. The minimum absolute atomic E-state index is 0.110. The number of ether oxygens (including phenoxy) is 4. The van der Waals surface area contributed by atoms with Crippen molar-refractivity contribution in [3.8, 4) is 17.2 Å². The topological polar surface area (TPSA) is 71.1 Å². The summed E-state index contributed by atoms with van der Waals surface area (Å²) in [6, 6.07) is 19.8. The first-order valence-electron chi connectivity index (χ1n) is 10.4. The van der Waals surface area contributed by atoms with E-state index in [0.29, 0.717) is 28.4 Å². The van der Waals surface area contributed by atoms with Crippen molar-refractivity contribution in [3.63, 3.8) is 0 Å². The number of rotatable bonds is 7. The molecule has 3 aromatic carbocycles. The minimum atomic E-state index is -0.959. The molecule has 0 amide bonds. The maximum absolute atomic E-state index is 13.8. The van der Waals surface area contributed by atoms with Crippen LogP contribution in [-0.2, 0) is 9.53 Å². The molecule has 3 aromatic rings. The van der Waals surface area contributed by atoms with Gasteiger partial charge in [-0.25, -0.2) is 0 Å². The lowest BCUT2D eigenvalue weighted by atomic mass is 9.84. The average Bonchev–Trinajstić information content (AvgIpc) is 3.31. The molecule has 1 heterocycles. The van der Waals surface area contributed by atoms with Crippen LogP contribution >= 0.6 is 0 Å². The molecule has 1 unspecified atom stereocenters. The molecule has 0 aliphatic carbocycles. The Hall–Kier alpha value is -4.06. The van der Waals surface area contributed by atoms with Crippen LogP contribution in [-0.4, -0.2) is 32.8 Å². The van der Waals surface area contributed by atoms with E-state index >= 15 is 0 Å². The van der Waals surface area contributed by atoms with Crippen LogP contribution in [0.15, 0.2) is 72.3 Å². The average molecular weight is 444 g/mol. The number of hydrogen-bond donors (Lipinski definition) is 0. The number of fused-ring (bicyclic) bond motifs is 1. The summed E-state index contributed by atoms with van der Waals surface area (Å²) < 4.78 is 21.3. The number of aryl methyl sites for hydroxylation is 1. The van der Waals surface area contributed by atoms with E-state index in [0.717, 1.165) is 11.1 Å². The Morgan fingerprint density at radius 2 is 1.70 bits per heavy atom. The largest absolute Gasteiger partial charge is 0.496 e. The minimum Gasteiger partial charge on any atom is -0.496 e. The van der Waals surface area contributed by atoms with Gasteiger partial charge in [0.15, 0.2) is 17.3 Å². The standard InChI is InChI=1S/C27H24O6/c1-17-13-20(10-11-22(17)30-2)26(28)21(14-18-7-5-4-6-8-18)25(27(29)31-3)19-9-12-23-24(15-19)33-16-32-23/h4-15,25H,16H2,1-3H3/b21-14+. The van der Waals surface area contributed by atoms with E-state index in [2.05, 4.69) is 0 Å². The smallest absolute Gasteiger partial charge is 0.317 e. The van der Waals surface area contributed by atoms with Gasteiger partial charge in [-0.3, -0.25) is 9.59 Å². The van der Waals surface area contributed by atoms with Crippen molar-refractivity contribution < 1.29 is 28.5 Å². The molecule has 0 N–H and O–H groups in total. The maximum atomic E-state index is 13.8. The molecule has 0 bridgehead atoms. The fourth-order valence-electron chi connectivity index (χ4n) is 3.85. The SMILES string of the molecule is COC(=O)C(/C(=C\c1ccccc1)C(=O)c1ccc(OC)c(C)c1)c1ccc2c(c1)OCO2. The van der Waals surface area contributed by atoms with E-state index in [9.17, 15) is 9.59 Å². The van der Waals surface area contributed by atoms with Crippen LogP contribution in [0.4, 0.5) is 0 Å². The van der Waals surface area contributed by atoms with Crippen LogP contribution in [0.5, 0.6) is 17.2 Å². The normalized spacial score (nSPS) is 13.4. The van der Waals surface area contributed by atoms with E-state index in [1.54, 1.807) is 49.6 Å². The van der Waals surface area contributed by atoms with Gasteiger partial charge in [-0.05, 0) is 60.0 Å². The summed E-state index contributed by atoms with van der Waals surface area (Å²) in [7, 11) is 2.89. The molecular formula is C27H24O6. The van der Waals surface area contributed by atoms with Gasteiger partial charge >= 0.3 is 5.97 Å². The zero-order valence-electron chi connectivity index (χ0n) is 18.7. The van der Waals surface area contributed by atoms with Crippen LogP contribution in [0.2, 0.25) is 0 Å². The summed E-state index contributed by atoms with van der Waals surface area (Å²) in [6.45, 7) is 1.98. The molecule has 0 fully saturated rings. The quantitative estimate of drug-likeness (QED) is 0.292. The number of carbonyl (C=O) groups is 2. The fraction of sp³-hybridized carbons (Fsp3) is 0.185. The second-order valence-electron chi connectivity index (χ2n) is 7.59. The maximum Gasteiger partial charge on any atom is 0.317 e. The monoisotopic (exact) mass is 444 g/mol. The third kappa shape index (κ3) is 4.60. The van der Waals surface area contributed by atoms with Crippen LogP contribution in [0, 0.1) is 6.92 Å². The molecular weight excluding hydrogens is 420 g/mol. The third-order valence-corrected chi connectivity index (χ3v) is 5.52. The first-order chi connectivity index (χ1) is 16.0. The number of benzene rings is 3. The van der Waals surface area contributed by atoms with Gasteiger partial charge in [0.2, 0.25) is 6.79 Å². The molecule has 4 rings (SSSR count). The Morgan fingerprint density at radius 3 is 2.39 bits per heavy atom. The van der Waals surface area contributed by atoms with Gasteiger partial charge in [0.1, 0.15) is 11.7 Å². The Bertz CT molecular complexity index is 1210. The Balaban J connectivity index is 1.86. The van der Waals surface area contributed by atoms with Crippen molar-refractivity contribution in [3.05, 3.63) is 94.6 Å². The van der Waals surface area contributed by atoms with Gasteiger partial charge in [-0.1, -0.05) is 36.4 Å². The lowest BCUT2D eigenvalue weighted by Crippen LogP contribution is -2.22. The predicted molar refractivity (Wildman–Crippen MR) is 124 cm³/mol. The molecule has 1 aliphatic rings. The third-order valence-electron chi connectivity index (χ3n) is 5.52. The number of ketones is 1. The molecule has 33 heavy (non-hydrogen) atoms. The first-order valence-corrected chi connectivity index (χ1v) is 10.4. The van der Waals surface area contributed by atoms with E-state index in [4.69, 9.17) is 18.9 Å². The highest BCUT2D eigenvalue weighted by molar-refractivity contribution is 6.15. The first kappa shape index (κ1) is 22.1. The van der Waals surface area contributed by atoms with Crippen molar-refractivity contribution >= 4 is 17.8 Å². The van der Waals surface area contributed by atoms with Gasteiger partial charge < -0.3 is 18.9 Å². The summed E-state index contributed by atoms with van der Waals surface area (Å²) in [4.78, 5) is 26.8. The molecule has 0 spiro atoms. The molecule has 1 atom stereocenters. The summed E-state index contributed by atoms with van der Waals surface area (Å²) in [5.74, 6) is 0.00797. The number of esters is 1. The van der Waals surface area contributed by atoms with Crippen molar-refractivity contribution in [1.29, 1.82) is 0 Å². The van der Waals surface area contributed by atoms with Crippen molar-refractivity contribution in [1.82, 2.24) is 0 Å². The Morgan fingerprint density at radius 1 is 0.939 bits per heavy atom. The summed E-state index contributed by atoms with van der Waals surface area (Å²) in [5, 5.41) is 0. The lowest BCUT2D eigenvalue weighted by Gasteiger charge is -2.19. The van der Waals surface area contributed by atoms with Crippen LogP contribution in [0.3, 0.4) is 0 Å². The van der Waals surface area contributed by atoms with Crippen LogP contribution < -0.4 is 14.2 Å². The summed E-state index contributed by atoms with van der Waals surface area (Å²) >= 11 is 0. The highest BCUT2D eigenvalue weighted by Gasteiger charge is 2.32. The molecule has 0 saturated carbocycles. The molecule has 0 radical (unpaired) electrons. The highest BCUT2D eigenvalue weighted by atomic mass is 16.7. The van der Waals surface area contributed by atoms with Gasteiger partial charge in [0.25, 0.3) is 0 Å². The summed E-state index contributed by atoms with van der Waals surface area (Å²) in [5.41, 5.74) is 2.93. The number of hydrogen-bond acceptors (Lipinski definition) is 6. The Labute approximate surface area is 192 Å². The molecule has 0 aromatic heterocycles. The van der Waals surface area contributed by atoms with Gasteiger partial charge in [-0.2, -0.15) is 0 Å². The van der Waals surface area contributed by atoms with Crippen LogP contribution in [0.1, 0.15) is 33.0 Å². The van der Waals surface area contributed by atoms with Crippen molar-refractivity contribution in [2.24, 2.45) is 0 Å². The van der Waals surface area contributed by atoms with Gasteiger partial charge in [0.05, 0.1) is 14.2 Å². The molecule has 1 aliphatic heterocycles. The fourth-order valence-corrected chi connectivity index (χ4v) is 3.85. The molecule has 168 valence electrons. The Kier molecular flexibility index (Phi) is 6.45. The highest BCUT2D eigenvalue weighted by Crippen LogP contribution is 2.38. The van der Waals surface area contributed by atoms with E-state index < -0.39 is 11.9 Å². The lowest BCUT2D eigenvalue weighted by molar-refractivity contribution is -0.141. The van der Waals surface area contributed by atoms with E-state index in [-0.39, 0.29) is 18.1 Å². The zero-order chi connectivity index (χ0) is 23.4. The number of carbonyl (C=O) groups excluding carboxylic acids is 2. The van der Waals surface area contributed by atoms with Gasteiger partial charge in [-0.15, -0.1) is 0 Å².